The first-order valence-corrected chi connectivity index (χ1v) is 12.0. The van der Waals surface area contributed by atoms with Gasteiger partial charge in [0.1, 0.15) is 11.6 Å². The summed E-state index contributed by atoms with van der Waals surface area (Å²) in [4.78, 5) is 0. The number of hydrogen-bond donors (Lipinski definition) is 1. The summed E-state index contributed by atoms with van der Waals surface area (Å²) >= 11 is 12.4. The third kappa shape index (κ3) is 4.91. The normalized spacial score (nSPS) is 11.6. The highest BCUT2D eigenvalue weighted by atomic mass is 32.9. The quantitative estimate of drug-likeness (QED) is 0.488. The molecule has 2 aromatic rings. The fourth-order valence-electron chi connectivity index (χ4n) is 1.99. The van der Waals surface area contributed by atoms with Crippen LogP contribution in [0.5, 0.6) is 5.75 Å². The van der Waals surface area contributed by atoms with Gasteiger partial charge in [0, 0.05) is 5.69 Å². The van der Waals surface area contributed by atoms with Crippen molar-refractivity contribution in [3.05, 3.63) is 34.9 Å². The number of ether oxygens (including phenoxy) is 1. The summed E-state index contributed by atoms with van der Waals surface area (Å²) in [7, 11) is 1.63. The van der Waals surface area contributed by atoms with Crippen LogP contribution in [0.2, 0.25) is 0 Å². The van der Waals surface area contributed by atoms with Gasteiger partial charge in [-0.05, 0) is 62.1 Å². The predicted octanol–water partition coefficient (Wildman–Crippen LogP) is 4.47. The maximum atomic E-state index is 5.65. The number of aromatic amines is 1. The monoisotopic (exact) mass is 405 g/mol. The summed E-state index contributed by atoms with van der Waals surface area (Å²) in [5, 5.41) is 7.14. The van der Waals surface area contributed by atoms with Crippen molar-refractivity contribution < 1.29 is 13.8 Å². The van der Waals surface area contributed by atoms with Crippen molar-refractivity contribution in [1.82, 2.24) is 14.8 Å². The number of methoxy groups -OCH3 is 1. The van der Waals surface area contributed by atoms with Crippen molar-refractivity contribution in [3.63, 3.8) is 0 Å². The molecule has 0 atom stereocenters. The van der Waals surface area contributed by atoms with Gasteiger partial charge in [-0.25, -0.2) is 0 Å². The van der Waals surface area contributed by atoms with E-state index < -0.39 is 5.69 Å². The zero-order chi connectivity index (χ0) is 17.6. The Morgan fingerprint density at radius 1 is 1.21 bits per heavy atom. The molecule has 0 spiro atoms. The van der Waals surface area contributed by atoms with Gasteiger partial charge in [-0.3, -0.25) is 9.67 Å². The molecule has 0 saturated carbocycles. The Hall–Kier alpha value is -0.700. The molecule has 0 bridgehead atoms. The summed E-state index contributed by atoms with van der Waals surface area (Å²) in [6.45, 7) is 4.87. The van der Waals surface area contributed by atoms with Crippen LogP contribution in [0.3, 0.4) is 0 Å². The highest BCUT2D eigenvalue weighted by Gasteiger charge is 2.21. The molecule has 1 N–H and O–H groups in total. The molecule has 6 nitrogen and oxygen atoms in total. The Bertz CT molecular complexity index is 751. The van der Waals surface area contributed by atoms with E-state index in [4.69, 9.17) is 37.8 Å². The van der Waals surface area contributed by atoms with Crippen LogP contribution in [0.15, 0.2) is 24.3 Å². The molecule has 1 aromatic heterocycles. The smallest absolute Gasteiger partial charge is 0.247 e. The lowest BCUT2D eigenvalue weighted by atomic mass is 10.3. The molecular formula is C14H20N3O3PS3. The van der Waals surface area contributed by atoms with E-state index >= 15 is 0 Å². The van der Waals surface area contributed by atoms with Crippen LogP contribution in [0.4, 0.5) is 0 Å². The molecule has 10 heteroatoms. The molecule has 2 rings (SSSR count). The Morgan fingerprint density at radius 2 is 1.83 bits per heavy atom. The lowest BCUT2D eigenvalue weighted by Crippen LogP contribution is -2.01. The van der Waals surface area contributed by atoms with Gasteiger partial charge < -0.3 is 13.8 Å². The van der Waals surface area contributed by atoms with Crippen LogP contribution in [0.1, 0.15) is 19.7 Å². The molecule has 0 unspecified atom stereocenters. The van der Waals surface area contributed by atoms with Crippen molar-refractivity contribution >= 4 is 41.1 Å². The van der Waals surface area contributed by atoms with E-state index in [0.29, 0.717) is 23.7 Å². The first-order chi connectivity index (χ1) is 11.5. The number of aromatic nitrogens is 3. The van der Waals surface area contributed by atoms with Gasteiger partial charge in [0.05, 0.1) is 26.1 Å². The predicted molar refractivity (Wildman–Crippen MR) is 104 cm³/mol. The highest BCUT2D eigenvalue weighted by molar-refractivity contribution is 8.67. The molecule has 132 valence electrons. The van der Waals surface area contributed by atoms with E-state index in [1.54, 1.807) is 7.11 Å². The van der Waals surface area contributed by atoms with Gasteiger partial charge in [0.25, 0.3) is 0 Å². The van der Waals surface area contributed by atoms with Crippen molar-refractivity contribution in [2.24, 2.45) is 0 Å². The van der Waals surface area contributed by atoms with Crippen LogP contribution < -0.4 is 4.74 Å². The van der Waals surface area contributed by atoms with Crippen molar-refractivity contribution in [3.8, 4) is 11.4 Å². The third-order valence-corrected chi connectivity index (χ3v) is 8.67. The van der Waals surface area contributed by atoms with Crippen LogP contribution in [-0.4, -0.2) is 35.1 Å². The zero-order valence-corrected chi connectivity index (χ0v) is 17.1. The zero-order valence-electron chi connectivity index (χ0n) is 13.7. The van der Waals surface area contributed by atoms with Gasteiger partial charge in [-0.15, -0.1) is 0 Å². The van der Waals surface area contributed by atoms with Gasteiger partial charge >= 0.3 is 0 Å². The summed E-state index contributed by atoms with van der Waals surface area (Å²) in [6.07, 6.45) is 0. The van der Waals surface area contributed by atoms with Crippen molar-refractivity contribution in [2.75, 3.05) is 20.3 Å². The van der Waals surface area contributed by atoms with Crippen molar-refractivity contribution in [2.45, 2.75) is 19.6 Å². The summed E-state index contributed by atoms with van der Waals surface area (Å²) in [5.74, 6) is 2.09. The van der Waals surface area contributed by atoms with E-state index in [2.05, 4.69) is 10.2 Å². The van der Waals surface area contributed by atoms with E-state index in [9.17, 15) is 0 Å². The molecule has 0 amide bonds. The Labute approximate surface area is 155 Å². The lowest BCUT2D eigenvalue weighted by Gasteiger charge is -2.19. The minimum atomic E-state index is -2.37. The number of rotatable bonds is 9. The molecule has 1 aromatic carbocycles. The minimum absolute atomic E-state index is 0.523. The van der Waals surface area contributed by atoms with E-state index in [1.807, 2.05) is 42.7 Å². The third-order valence-electron chi connectivity index (χ3n) is 3.00. The Morgan fingerprint density at radius 3 is 2.38 bits per heavy atom. The Balaban J connectivity index is 2.23. The topological polar surface area (TPSA) is 61.3 Å². The standard InChI is InChI=1S/C14H20N3O3PS3/c1-4-19-21(23,20-5-2)24-10-13-15-16-14(22)17(13)11-6-8-12(18-3)9-7-11/h6-9H,4-5,10H2,1-3H3,(H,16,22). The first kappa shape index (κ1) is 19.6. The van der Waals surface area contributed by atoms with E-state index in [-0.39, 0.29) is 0 Å². The fourth-order valence-corrected chi connectivity index (χ4v) is 6.58. The molecule has 24 heavy (non-hydrogen) atoms. The van der Waals surface area contributed by atoms with Crippen LogP contribution >= 0.6 is 29.3 Å². The van der Waals surface area contributed by atoms with E-state index in [0.717, 1.165) is 17.3 Å². The summed E-state index contributed by atoms with van der Waals surface area (Å²) in [5.41, 5.74) is -1.46. The second-order valence-corrected chi connectivity index (χ2v) is 11.2. The molecule has 0 aliphatic heterocycles. The van der Waals surface area contributed by atoms with Crippen LogP contribution in [0, 0.1) is 4.77 Å². The molecule has 0 radical (unpaired) electrons. The molecule has 0 aliphatic rings. The summed E-state index contributed by atoms with van der Waals surface area (Å²) in [6, 6.07) is 7.62. The molecule has 0 aliphatic carbocycles. The van der Waals surface area contributed by atoms with Crippen LogP contribution in [-0.2, 0) is 26.6 Å². The number of H-pyrrole nitrogens is 1. The van der Waals surface area contributed by atoms with Crippen molar-refractivity contribution in [1.29, 1.82) is 0 Å². The average Bonchev–Trinajstić information content (AvgIpc) is 2.94. The van der Waals surface area contributed by atoms with Gasteiger partial charge in [0.15, 0.2) is 4.77 Å². The summed E-state index contributed by atoms with van der Waals surface area (Å²) < 4.78 is 18.9. The second-order valence-electron chi connectivity index (χ2n) is 4.53. The van der Waals surface area contributed by atoms with Gasteiger partial charge in [-0.2, -0.15) is 5.10 Å². The fraction of sp³-hybridized carbons (Fsp3) is 0.429. The Kier molecular flexibility index (Phi) is 7.46. The largest absolute Gasteiger partial charge is 0.497 e. The number of nitrogens with one attached hydrogen (secondary N) is 1. The van der Waals surface area contributed by atoms with E-state index in [1.165, 1.54) is 11.4 Å². The highest BCUT2D eigenvalue weighted by Crippen LogP contribution is 2.61. The first-order valence-electron chi connectivity index (χ1n) is 7.37. The number of hydrogen-bond acceptors (Lipinski definition) is 7. The van der Waals surface area contributed by atoms with Gasteiger partial charge in [-0.1, -0.05) is 11.4 Å². The molecule has 1 heterocycles. The van der Waals surface area contributed by atoms with Crippen LogP contribution in [0.25, 0.3) is 5.69 Å². The molecule has 0 saturated heterocycles. The maximum Gasteiger partial charge on any atom is 0.247 e. The average molecular weight is 406 g/mol. The second kappa shape index (κ2) is 9.12. The SMILES string of the molecule is CCOP(=S)(OCC)SCc1n[nH]c(=S)n1-c1ccc(OC)cc1. The minimum Gasteiger partial charge on any atom is -0.497 e. The number of benzene rings is 1. The number of nitrogens with zero attached hydrogens (tertiary/aromatic N) is 2. The van der Waals surface area contributed by atoms with Gasteiger partial charge in [0.2, 0.25) is 5.69 Å². The molecule has 0 fully saturated rings. The maximum absolute atomic E-state index is 5.65. The lowest BCUT2D eigenvalue weighted by molar-refractivity contribution is 0.280. The molecular weight excluding hydrogens is 385 g/mol.